The Bertz CT molecular complexity index is 1030. The molecule has 0 radical (unpaired) electrons. The van der Waals surface area contributed by atoms with Crippen LogP contribution in [0.5, 0.6) is 0 Å². The van der Waals surface area contributed by atoms with E-state index in [9.17, 15) is 19.4 Å². The van der Waals surface area contributed by atoms with Gasteiger partial charge in [-0.3, -0.25) is 13.8 Å². The van der Waals surface area contributed by atoms with Crippen molar-refractivity contribution >= 4 is 13.7 Å². The molecular formula is C48H94N2O6P+. The number of nitrogens with zero attached hydrogens (tertiary/aromatic N) is 1. The van der Waals surface area contributed by atoms with Crippen LogP contribution in [-0.4, -0.2) is 73.4 Å². The van der Waals surface area contributed by atoms with Crippen molar-refractivity contribution in [3.8, 4) is 0 Å². The Morgan fingerprint density at radius 3 is 1.40 bits per heavy atom. The topological polar surface area (TPSA) is 105 Å². The number of aliphatic hydroxyl groups excluding tert-OH is 1. The van der Waals surface area contributed by atoms with Crippen LogP contribution in [0, 0.1) is 0 Å². The molecule has 3 unspecified atom stereocenters. The summed E-state index contributed by atoms with van der Waals surface area (Å²) in [5, 5.41) is 13.8. The highest BCUT2D eigenvalue weighted by Crippen LogP contribution is 2.43. The van der Waals surface area contributed by atoms with Crippen LogP contribution in [0.15, 0.2) is 36.5 Å². The van der Waals surface area contributed by atoms with E-state index in [1.807, 2.05) is 27.2 Å². The lowest BCUT2D eigenvalue weighted by Gasteiger charge is -2.25. The van der Waals surface area contributed by atoms with Crippen LogP contribution in [0.2, 0.25) is 0 Å². The van der Waals surface area contributed by atoms with E-state index >= 15 is 0 Å². The smallest absolute Gasteiger partial charge is 0.387 e. The van der Waals surface area contributed by atoms with Crippen molar-refractivity contribution < 1.29 is 32.9 Å². The predicted molar refractivity (Wildman–Crippen MR) is 244 cm³/mol. The number of likely N-dealkylation sites (N-methyl/N-ethyl adjacent to an activating group) is 1. The van der Waals surface area contributed by atoms with E-state index in [1.54, 1.807) is 6.08 Å². The summed E-state index contributed by atoms with van der Waals surface area (Å²) < 4.78 is 23.5. The molecule has 0 aromatic heterocycles. The molecule has 0 saturated carbocycles. The predicted octanol–water partition coefficient (Wildman–Crippen LogP) is 13.5. The molecule has 9 heteroatoms. The van der Waals surface area contributed by atoms with Crippen molar-refractivity contribution in [2.75, 3.05) is 40.9 Å². The number of carbonyl (C=O) groups excluding carboxylic acids is 1. The van der Waals surface area contributed by atoms with Crippen LogP contribution in [0.25, 0.3) is 0 Å². The molecule has 57 heavy (non-hydrogen) atoms. The van der Waals surface area contributed by atoms with E-state index in [0.29, 0.717) is 17.4 Å². The minimum absolute atomic E-state index is 0.0545. The van der Waals surface area contributed by atoms with Gasteiger partial charge in [-0.15, -0.1) is 0 Å². The van der Waals surface area contributed by atoms with Gasteiger partial charge in [0, 0.05) is 6.42 Å². The van der Waals surface area contributed by atoms with Gasteiger partial charge in [0.2, 0.25) is 5.91 Å². The number of rotatable bonds is 43. The van der Waals surface area contributed by atoms with Gasteiger partial charge in [0.25, 0.3) is 0 Å². The number of nitrogens with one attached hydrogen (secondary N) is 1. The lowest BCUT2D eigenvalue weighted by Crippen LogP contribution is -2.45. The van der Waals surface area contributed by atoms with Crippen molar-refractivity contribution in [2.24, 2.45) is 0 Å². The van der Waals surface area contributed by atoms with Crippen LogP contribution < -0.4 is 5.32 Å². The molecule has 0 heterocycles. The fourth-order valence-corrected chi connectivity index (χ4v) is 7.51. The zero-order valence-corrected chi connectivity index (χ0v) is 39.0. The first-order valence-corrected chi connectivity index (χ1v) is 25.4. The first-order chi connectivity index (χ1) is 27.5. The molecule has 0 fully saturated rings. The Labute approximate surface area is 353 Å². The van der Waals surface area contributed by atoms with Crippen molar-refractivity contribution in [3.63, 3.8) is 0 Å². The van der Waals surface area contributed by atoms with E-state index in [2.05, 4.69) is 43.5 Å². The normalized spacial score (nSPS) is 14.6. The van der Waals surface area contributed by atoms with E-state index in [-0.39, 0.29) is 19.1 Å². The second-order valence-electron chi connectivity index (χ2n) is 17.5. The van der Waals surface area contributed by atoms with E-state index < -0.39 is 20.0 Å². The second kappa shape index (κ2) is 40.1. The molecule has 0 aliphatic heterocycles. The largest absolute Gasteiger partial charge is 0.472 e. The van der Waals surface area contributed by atoms with E-state index in [1.165, 1.54) is 148 Å². The average molecular weight is 826 g/mol. The first-order valence-electron chi connectivity index (χ1n) is 23.9. The summed E-state index contributed by atoms with van der Waals surface area (Å²) in [4.78, 5) is 23.1. The molecular weight excluding hydrogens is 732 g/mol. The lowest BCUT2D eigenvalue weighted by atomic mass is 10.0. The molecule has 0 saturated heterocycles. The summed E-state index contributed by atoms with van der Waals surface area (Å²) in [5.74, 6) is -0.192. The SMILES string of the molecule is CCCCCCCCCCCCCCCC/C=C/CC/C=C/CC/C=C/C(O)C(COP(=O)(O)OCC[N+](C)(C)C)NC(=O)CCCCCCCCCCCCC. The molecule has 0 spiro atoms. The number of hydrogen-bond acceptors (Lipinski definition) is 5. The van der Waals surface area contributed by atoms with Crippen molar-refractivity contribution in [1.82, 2.24) is 5.32 Å². The summed E-state index contributed by atoms with van der Waals surface area (Å²) in [6.07, 6.45) is 49.5. The highest BCUT2D eigenvalue weighted by molar-refractivity contribution is 7.47. The molecule has 0 bridgehead atoms. The summed E-state index contributed by atoms with van der Waals surface area (Å²) in [7, 11) is 1.55. The van der Waals surface area contributed by atoms with Gasteiger partial charge in [0.1, 0.15) is 13.2 Å². The molecule has 1 amide bonds. The zero-order chi connectivity index (χ0) is 42.1. The van der Waals surface area contributed by atoms with E-state index in [0.717, 1.165) is 44.9 Å². The van der Waals surface area contributed by atoms with Crippen LogP contribution >= 0.6 is 7.82 Å². The van der Waals surface area contributed by atoms with Crippen LogP contribution in [0.4, 0.5) is 0 Å². The fourth-order valence-electron chi connectivity index (χ4n) is 6.78. The molecule has 0 aliphatic rings. The van der Waals surface area contributed by atoms with Crippen molar-refractivity contribution in [1.29, 1.82) is 0 Å². The number of quaternary nitrogens is 1. The fraction of sp³-hybridized carbons (Fsp3) is 0.854. The van der Waals surface area contributed by atoms with Crippen LogP contribution in [-0.2, 0) is 18.4 Å². The number of phosphoric ester groups is 1. The molecule has 8 nitrogen and oxygen atoms in total. The van der Waals surface area contributed by atoms with Gasteiger partial charge in [-0.05, 0) is 44.9 Å². The number of aliphatic hydroxyl groups is 1. The highest BCUT2D eigenvalue weighted by atomic mass is 31.2. The van der Waals surface area contributed by atoms with Gasteiger partial charge in [0.15, 0.2) is 0 Å². The van der Waals surface area contributed by atoms with Gasteiger partial charge in [0.05, 0.1) is 39.9 Å². The average Bonchev–Trinajstić information content (AvgIpc) is 3.16. The summed E-state index contributed by atoms with van der Waals surface area (Å²) in [6.45, 7) is 4.78. The maximum absolute atomic E-state index is 12.8. The van der Waals surface area contributed by atoms with Gasteiger partial charge in [-0.1, -0.05) is 198 Å². The maximum atomic E-state index is 12.8. The summed E-state index contributed by atoms with van der Waals surface area (Å²) >= 11 is 0. The first kappa shape index (κ1) is 55.7. The Kier molecular flexibility index (Phi) is 39.2. The number of carbonyl (C=O) groups is 1. The molecule has 0 aliphatic carbocycles. The Balaban J connectivity index is 4.36. The number of unbranched alkanes of at least 4 members (excludes halogenated alkanes) is 26. The van der Waals surface area contributed by atoms with E-state index in [4.69, 9.17) is 9.05 Å². The van der Waals surface area contributed by atoms with Gasteiger partial charge in [-0.25, -0.2) is 4.57 Å². The highest BCUT2D eigenvalue weighted by Gasteiger charge is 2.27. The molecule has 0 aromatic carbocycles. The lowest BCUT2D eigenvalue weighted by molar-refractivity contribution is -0.870. The van der Waals surface area contributed by atoms with Crippen LogP contribution in [0.1, 0.15) is 213 Å². The molecule has 0 rings (SSSR count). The second-order valence-corrected chi connectivity index (χ2v) is 18.9. The third-order valence-corrected chi connectivity index (χ3v) is 11.6. The molecule has 3 atom stereocenters. The molecule has 3 N–H and O–H groups in total. The number of phosphoric acid groups is 1. The molecule has 0 aromatic rings. The third kappa shape index (κ3) is 42.6. The van der Waals surface area contributed by atoms with Gasteiger partial charge in [-0.2, -0.15) is 0 Å². The molecule has 336 valence electrons. The Morgan fingerprint density at radius 1 is 0.579 bits per heavy atom. The Morgan fingerprint density at radius 2 is 0.965 bits per heavy atom. The van der Waals surface area contributed by atoms with Crippen molar-refractivity contribution in [2.45, 2.75) is 225 Å². The standard InChI is InChI=1S/C48H93N2O6P/c1-6-8-10-12-14-16-18-19-20-21-22-23-24-25-26-27-28-29-30-32-33-35-37-39-41-47(51)46(45-56-57(53,54)55-44-43-50(3,4)5)49-48(52)42-40-38-36-34-31-17-15-13-11-9-7-2/h27-28,32-33,39,41,46-47,51H,6-26,29-31,34-38,40,42-45H2,1-5H3,(H-,49,52,53,54)/p+1/b28-27+,33-32+,41-39+. The third-order valence-electron chi connectivity index (χ3n) is 10.6. The zero-order valence-electron chi connectivity index (χ0n) is 38.1. The minimum atomic E-state index is -4.35. The quantitative estimate of drug-likeness (QED) is 0.0245. The monoisotopic (exact) mass is 826 g/mol. The minimum Gasteiger partial charge on any atom is -0.387 e. The maximum Gasteiger partial charge on any atom is 0.472 e. The van der Waals surface area contributed by atoms with Crippen LogP contribution in [0.3, 0.4) is 0 Å². The number of allylic oxidation sites excluding steroid dienone is 5. The Hall–Kier alpha value is -1.28. The van der Waals surface area contributed by atoms with Crippen molar-refractivity contribution in [3.05, 3.63) is 36.5 Å². The summed E-state index contributed by atoms with van der Waals surface area (Å²) in [5.41, 5.74) is 0. The number of amides is 1. The number of hydrogen-bond donors (Lipinski definition) is 3. The van der Waals surface area contributed by atoms with Gasteiger partial charge < -0.3 is 19.8 Å². The summed E-state index contributed by atoms with van der Waals surface area (Å²) in [6, 6.07) is -0.865. The van der Waals surface area contributed by atoms with Gasteiger partial charge >= 0.3 is 7.82 Å².